The van der Waals surface area contributed by atoms with E-state index in [1.54, 1.807) is 12.1 Å². The standard InChI is InChI=1S/C17H14N2O3S/c1-10-2-5-12(6-3-10)19-16(22)15(23-17(19)18)8-11-4-7-13(20)9-14(11)21/h2-9,18,20-21H,1H3/b15-8-,18-17?. The van der Waals surface area contributed by atoms with Gasteiger partial charge in [-0.05, 0) is 49.0 Å². The van der Waals surface area contributed by atoms with Gasteiger partial charge in [0.15, 0.2) is 5.17 Å². The van der Waals surface area contributed by atoms with Crippen molar-refractivity contribution in [3.63, 3.8) is 0 Å². The summed E-state index contributed by atoms with van der Waals surface area (Å²) in [5, 5.41) is 27.3. The number of aromatic hydroxyl groups is 2. The second kappa shape index (κ2) is 5.81. The van der Waals surface area contributed by atoms with Crippen molar-refractivity contribution >= 4 is 34.6 Å². The van der Waals surface area contributed by atoms with E-state index in [0.717, 1.165) is 17.3 Å². The quantitative estimate of drug-likeness (QED) is 0.738. The minimum absolute atomic E-state index is 0.0518. The normalized spacial score (nSPS) is 16.4. The molecular formula is C17H14N2O3S. The average molecular weight is 326 g/mol. The summed E-state index contributed by atoms with van der Waals surface area (Å²) < 4.78 is 0. The minimum Gasteiger partial charge on any atom is -0.508 e. The van der Waals surface area contributed by atoms with Gasteiger partial charge in [0.1, 0.15) is 11.5 Å². The van der Waals surface area contributed by atoms with Crippen LogP contribution in [0, 0.1) is 12.3 Å². The van der Waals surface area contributed by atoms with Crippen molar-refractivity contribution in [1.82, 2.24) is 0 Å². The zero-order valence-corrected chi connectivity index (χ0v) is 13.1. The van der Waals surface area contributed by atoms with Crippen molar-refractivity contribution in [2.45, 2.75) is 6.92 Å². The van der Waals surface area contributed by atoms with E-state index in [9.17, 15) is 15.0 Å². The third kappa shape index (κ3) is 2.93. The fourth-order valence-electron chi connectivity index (χ4n) is 2.21. The summed E-state index contributed by atoms with van der Waals surface area (Å²) >= 11 is 1.04. The van der Waals surface area contributed by atoms with Gasteiger partial charge >= 0.3 is 0 Å². The summed E-state index contributed by atoms with van der Waals surface area (Å²) in [7, 11) is 0. The second-order valence-corrected chi connectivity index (χ2v) is 6.17. The van der Waals surface area contributed by atoms with Crippen molar-refractivity contribution in [3.05, 3.63) is 58.5 Å². The molecule has 1 amide bonds. The highest BCUT2D eigenvalue weighted by molar-refractivity contribution is 8.19. The molecule has 116 valence electrons. The molecular weight excluding hydrogens is 312 g/mol. The molecule has 1 fully saturated rings. The highest BCUT2D eigenvalue weighted by Gasteiger charge is 2.33. The monoisotopic (exact) mass is 326 g/mol. The number of hydrogen-bond acceptors (Lipinski definition) is 5. The SMILES string of the molecule is Cc1ccc(N2C(=N)S/C(=C\c3ccc(O)cc3O)C2=O)cc1. The number of amidine groups is 1. The summed E-state index contributed by atoms with van der Waals surface area (Å²) in [5.41, 5.74) is 2.12. The van der Waals surface area contributed by atoms with Gasteiger partial charge in [-0.1, -0.05) is 17.7 Å². The maximum absolute atomic E-state index is 12.5. The van der Waals surface area contributed by atoms with Gasteiger partial charge < -0.3 is 10.2 Å². The van der Waals surface area contributed by atoms with Gasteiger partial charge in [-0.25, -0.2) is 0 Å². The predicted molar refractivity (Wildman–Crippen MR) is 91.7 cm³/mol. The molecule has 3 rings (SSSR count). The number of thioether (sulfide) groups is 1. The third-order valence-electron chi connectivity index (χ3n) is 3.42. The van der Waals surface area contributed by atoms with E-state index in [2.05, 4.69) is 0 Å². The van der Waals surface area contributed by atoms with Gasteiger partial charge in [0.2, 0.25) is 0 Å². The Kier molecular flexibility index (Phi) is 3.83. The van der Waals surface area contributed by atoms with Crippen molar-refractivity contribution in [3.8, 4) is 11.5 Å². The largest absolute Gasteiger partial charge is 0.508 e. The van der Waals surface area contributed by atoms with Crippen molar-refractivity contribution < 1.29 is 15.0 Å². The van der Waals surface area contributed by atoms with E-state index in [1.165, 1.54) is 29.2 Å². The van der Waals surface area contributed by atoms with Crippen LogP contribution in [0.5, 0.6) is 11.5 Å². The molecule has 0 unspecified atom stereocenters. The number of rotatable bonds is 2. The van der Waals surface area contributed by atoms with Gasteiger partial charge in [-0.3, -0.25) is 15.1 Å². The molecule has 0 spiro atoms. The van der Waals surface area contributed by atoms with Gasteiger partial charge in [0.05, 0.1) is 10.6 Å². The van der Waals surface area contributed by atoms with Gasteiger partial charge in [0.25, 0.3) is 5.91 Å². The van der Waals surface area contributed by atoms with E-state index in [0.29, 0.717) is 16.2 Å². The number of hydrogen-bond donors (Lipinski definition) is 3. The highest BCUT2D eigenvalue weighted by atomic mass is 32.2. The van der Waals surface area contributed by atoms with Crippen molar-refractivity contribution in [2.24, 2.45) is 0 Å². The summed E-state index contributed by atoms with van der Waals surface area (Å²) in [6.07, 6.45) is 1.52. The van der Waals surface area contributed by atoms with E-state index in [1.807, 2.05) is 19.1 Å². The fraction of sp³-hybridized carbons (Fsp3) is 0.0588. The van der Waals surface area contributed by atoms with Crippen LogP contribution in [-0.2, 0) is 4.79 Å². The summed E-state index contributed by atoms with van der Waals surface area (Å²) in [6.45, 7) is 1.95. The summed E-state index contributed by atoms with van der Waals surface area (Å²) in [5.74, 6) is -0.480. The first-order valence-corrected chi connectivity index (χ1v) is 7.68. The number of benzene rings is 2. The molecule has 23 heavy (non-hydrogen) atoms. The number of carbonyl (C=O) groups excluding carboxylic acids is 1. The van der Waals surface area contributed by atoms with Crippen molar-refractivity contribution in [2.75, 3.05) is 4.90 Å². The molecule has 0 aliphatic carbocycles. The Balaban J connectivity index is 1.94. The molecule has 0 aromatic heterocycles. The molecule has 1 heterocycles. The second-order valence-electron chi connectivity index (χ2n) is 5.14. The topological polar surface area (TPSA) is 84.6 Å². The molecule has 0 atom stereocenters. The Morgan fingerprint density at radius 1 is 1.13 bits per heavy atom. The average Bonchev–Trinajstić information content (AvgIpc) is 2.78. The van der Waals surface area contributed by atoms with Gasteiger partial charge in [0, 0.05) is 11.6 Å². The molecule has 6 heteroatoms. The first-order valence-electron chi connectivity index (χ1n) is 6.87. The highest BCUT2D eigenvalue weighted by Crippen LogP contribution is 2.36. The zero-order valence-electron chi connectivity index (χ0n) is 12.3. The zero-order chi connectivity index (χ0) is 16.6. The van der Waals surface area contributed by atoms with E-state index in [-0.39, 0.29) is 22.6 Å². The number of phenolic OH excluding ortho intramolecular Hbond substituents is 2. The minimum atomic E-state index is -0.309. The molecule has 1 saturated heterocycles. The first-order chi connectivity index (χ1) is 11.0. The molecule has 0 bridgehead atoms. The molecule has 2 aromatic carbocycles. The Hall–Kier alpha value is -2.73. The van der Waals surface area contributed by atoms with E-state index in [4.69, 9.17) is 5.41 Å². The fourth-order valence-corrected chi connectivity index (χ4v) is 3.06. The molecule has 2 aromatic rings. The number of nitrogens with zero attached hydrogens (tertiary/aromatic N) is 1. The number of anilines is 1. The van der Waals surface area contributed by atoms with Crippen LogP contribution in [0.25, 0.3) is 6.08 Å². The van der Waals surface area contributed by atoms with Crippen molar-refractivity contribution in [1.29, 1.82) is 5.41 Å². The number of amides is 1. The lowest BCUT2D eigenvalue weighted by atomic mass is 10.1. The molecule has 0 radical (unpaired) electrons. The Morgan fingerprint density at radius 2 is 1.83 bits per heavy atom. The van der Waals surface area contributed by atoms with Crippen LogP contribution in [0.2, 0.25) is 0 Å². The van der Waals surface area contributed by atoms with Crippen LogP contribution in [-0.4, -0.2) is 21.3 Å². The maximum Gasteiger partial charge on any atom is 0.271 e. The smallest absolute Gasteiger partial charge is 0.271 e. The molecule has 5 nitrogen and oxygen atoms in total. The first kappa shape index (κ1) is 15.2. The van der Waals surface area contributed by atoms with Crippen LogP contribution in [0.3, 0.4) is 0 Å². The lowest BCUT2D eigenvalue weighted by Crippen LogP contribution is -2.28. The molecule has 0 saturated carbocycles. The molecule has 3 N–H and O–H groups in total. The van der Waals surface area contributed by atoms with Crippen LogP contribution >= 0.6 is 11.8 Å². The van der Waals surface area contributed by atoms with E-state index < -0.39 is 0 Å². The number of carbonyl (C=O) groups is 1. The van der Waals surface area contributed by atoms with Crippen LogP contribution in [0.15, 0.2) is 47.4 Å². The number of nitrogens with one attached hydrogen (secondary N) is 1. The number of aryl methyl sites for hydroxylation is 1. The molecule has 1 aliphatic rings. The van der Waals surface area contributed by atoms with Crippen LogP contribution < -0.4 is 4.90 Å². The summed E-state index contributed by atoms with van der Waals surface area (Å²) in [4.78, 5) is 14.2. The maximum atomic E-state index is 12.5. The predicted octanol–water partition coefficient (Wildman–Crippen LogP) is 3.46. The third-order valence-corrected chi connectivity index (χ3v) is 4.30. The Bertz CT molecular complexity index is 828. The lowest BCUT2D eigenvalue weighted by Gasteiger charge is -2.14. The van der Waals surface area contributed by atoms with Crippen LogP contribution in [0.4, 0.5) is 5.69 Å². The lowest BCUT2D eigenvalue weighted by molar-refractivity contribution is -0.113. The van der Waals surface area contributed by atoms with Gasteiger partial charge in [-0.15, -0.1) is 0 Å². The van der Waals surface area contributed by atoms with E-state index >= 15 is 0 Å². The number of phenols is 2. The Labute approximate surface area is 137 Å². The molecule has 1 aliphatic heterocycles. The Morgan fingerprint density at radius 3 is 2.48 bits per heavy atom. The summed E-state index contributed by atoms with van der Waals surface area (Å²) in [6, 6.07) is 11.5. The van der Waals surface area contributed by atoms with Gasteiger partial charge in [-0.2, -0.15) is 0 Å². The van der Waals surface area contributed by atoms with Crippen LogP contribution in [0.1, 0.15) is 11.1 Å².